The summed E-state index contributed by atoms with van der Waals surface area (Å²) in [5.74, 6) is -0.197. The average molecular weight is 1010 g/mol. The van der Waals surface area contributed by atoms with Crippen molar-refractivity contribution in [3.05, 3.63) is 119 Å². The predicted octanol–water partition coefficient (Wildman–Crippen LogP) is 5.09. The number of aromatic nitrogens is 2. The van der Waals surface area contributed by atoms with E-state index < -0.39 is 30.0 Å². The summed E-state index contributed by atoms with van der Waals surface area (Å²) < 4.78 is 29.7. The lowest BCUT2D eigenvalue weighted by atomic mass is 10.0. The molecular formula is C54H58N8O12. The van der Waals surface area contributed by atoms with Crippen LogP contribution in [0.2, 0.25) is 0 Å². The summed E-state index contributed by atoms with van der Waals surface area (Å²) in [6.07, 6.45) is 6.08. The lowest BCUT2D eigenvalue weighted by Crippen LogP contribution is -2.53. The molecule has 8 rings (SSSR count). The number of hydrogen-bond donors (Lipinski definition) is 4. The Morgan fingerprint density at radius 3 is 2.16 bits per heavy atom. The van der Waals surface area contributed by atoms with Crippen molar-refractivity contribution < 1.29 is 52.5 Å². The van der Waals surface area contributed by atoms with Crippen LogP contribution in [0.4, 0.5) is 10.5 Å². The fraction of sp³-hybridized carbons (Fsp3) is 0.333. The fourth-order valence-electron chi connectivity index (χ4n) is 8.88. The number of methoxy groups -OCH3 is 2. The SMILES string of the molecule is COc1cc2c(=O)n(CCN(C)C(=O)OCc3ccc(NC(=O)[C@H](CCCN)NC(=O)C(Cc4ccccc4)NC(=O)CCCCCN4C(=O)C=CC4=O)cc3)c3c4cc5c(cc4ncc3c2cc1OC)OCO5. The predicted molar refractivity (Wildman–Crippen MR) is 275 cm³/mol. The molecule has 0 bridgehead atoms. The first-order valence-electron chi connectivity index (χ1n) is 24.3. The Morgan fingerprint density at radius 2 is 1.46 bits per heavy atom. The van der Waals surface area contributed by atoms with Crippen molar-refractivity contribution in [3.8, 4) is 23.0 Å². The molecule has 0 saturated heterocycles. The van der Waals surface area contributed by atoms with Gasteiger partial charge in [0.15, 0.2) is 23.0 Å². The zero-order chi connectivity index (χ0) is 52.3. The molecule has 2 atom stereocenters. The smallest absolute Gasteiger partial charge is 0.409 e. The molecule has 0 spiro atoms. The van der Waals surface area contributed by atoms with E-state index in [0.29, 0.717) is 92.5 Å². The fourth-order valence-corrected chi connectivity index (χ4v) is 8.88. The Hall–Kier alpha value is -8.52. The minimum absolute atomic E-state index is 0.0587. The normalized spacial score (nSPS) is 13.5. The number of unbranched alkanes of at least 4 members (excludes halogenated alkanes) is 2. The molecule has 0 aliphatic carbocycles. The van der Waals surface area contributed by atoms with Gasteiger partial charge in [0.25, 0.3) is 17.4 Å². The quantitative estimate of drug-likeness (QED) is 0.0371. The number of ether oxygens (including phenoxy) is 5. The van der Waals surface area contributed by atoms with Crippen LogP contribution in [-0.2, 0) is 48.3 Å². The topological polar surface area (TPSA) is 252 Å². The number of carbonyl (C=O) groups excluding carboxylic acids is 6. The molecule has 74 heavy (non-hydrogen) atoms. The van der Waals surface area contributed by atoms with E-state index in [1.807, 2.05) is 30.3 Å². The van der Waals surface area contributed by atoms with Crippen LogP contribution in [0.25, 0.3) is 32.6 Å². The van der Waals surface area contributed by atoms with Crippen molar-refractivity contribution in [1.82, 2.24) is 30.0 Å². The number of nitrogens with zero attached hydrogens (tertiary/aromatic N) is 4. The van der Waals surface area contributed by atoms with Crippen molar-refractivity contribution >= 4 is 73.9 Å². The van der Waals surface area contributed by atoms with Crippen LogP contribution in [0.5, 0.6) is 23.0 Å². The number of pyridine rings is 2. The molecule has 4 aromatic carbocycles. The van der Waals surface area contributed by atoms with E-state index in [-0.39, 0.29) is 82.1 Å². The summed E-state index contributed by atoms with van der Waals surface area (Å²) in [5.41, 5.74) is 8.54. The van der Waals surface area contributed by atoms with Crippen molar-refractivity contribution in [2.45, 2.75) is 70.2 Å². The number of amides is 6. The van der Waals surface area contributed by atoms with Gasteiger partial charge in [-0.2, -0.15) is 0 Å². The van der Waals surface area contributed by atoms with Crippen LogP contribution in [0, 0.1) is 0 Å². The average Bonchev–Trinajstić information content (AvgIpc) is 4.01. The number of rotatable bonds is 23. The highest BCUT2D eigenvalue weighted by molar-refractivity contribution is 6.15. The summed E-state index contributed by atoms with van der Waals surface area (Å²) in [5, 5.41) is 10.8. The Bertz CT molecular complexity index is 3160. The van der Waals surface area contributed by atoms with Gasteiger partial charge in [-0.05, 0) is 73.7 Å². The molecule has 20 heteroatoms. The zero-order valence-electron chi connectivity index (χ0n) is 41.3. The third-order valence-electron chi connectivity index (χ3n) is 12.9. The third-order valence-corrected chi connectivity index (χ3v) is 12.9. The van der Waals surface area contributed by atoms with E-state index in [1.165, 1.54) is 31.3 Å². The van der Waals surface area contributed by atoms with E-state index in [2.05, 4.69) is 16.0 Å². The molecule has 6 aromatic rings. The molecule has 2 aliphatic rings. The number of carbonyl (C=O) groups is 6. The lowest BCUT2D eigenvalue weighted by molar-refractivity contribution is -0.137. The monoisotopic (exact) mass is 1010 g/mol. The van der Waals surface area contributed by atoms with Crippen LogP contribution >= 0.6 is 0 Å². The minimum atomic E-state index is -0.994. The van der Waals surface area contributed by atoms with Gasteiger partial charge in [0.2, 0.25) is 24.5 Å². The molecular weight excluding hydrogens is 953 g/mol. The maximum atomic E-state index is 14.4. The van der Waals surface area contributed by atoms with Gasteiger partial charge < -0.3 is 54.8 Å². The lowest BCUT2D eigenvalue weighted by Gasteiger charge is -2.23. The summed E-state index contributed by atoms with van der Waals surface area (Å²) in [6, 6.07) is 20.8. The summed E-state index contributed by atoms with van der Waals surface area (Å²) >= 11 is 0. The Morgan fingerprint density at radius 1 is 0.757 bits per heavy atom. The van der Waals surface area contributed by atoms with E-state index in [9.17, 15) is 33.6 Å². The van der Waals surface area contributed by atoms with Crippen LogP contribution < -0.4 is 46.2 Å². The summed E-state index contributed by atoms with van der Waals surface area (Å²) in [6.45, 7) is 0.690. The highest BCUT2D eigenvalue weighted by Crippen LogP contribution is 2.40. The molecule has 4 heterocycles. The van der Waals surface area contributed by atoms with Gasteiger partial charge >= 0.3 is 6.09 Å². The second-order valence-corrected chi connectivity index (χ2v) is 17.9. The van der Waals surface area contributed by atoms with E-state index >= 15 is 0 Å². The van der Waals surface area contributed by atoms with Gasteiger partial charge in [-0.25, -0.2) is 4.79 Å². The zero-order valence-corrected chi connectivity index (χ0v) is 41.3. The molecule has 0 saturated carbocycles. The van der Waals surface area contributed by atoms with Gasteiger partial charge in [-0.15, -0.1) is 0 Å². The molecule has 5 N–H and O–H groups in total. The summed E-state index contributed by atoms with van der Waals surface area (Å²) in [4.78, 5) is 99.5. The second-order valence-electron chi connectivity index (χ2n) is 17.9. The van der Waals surface area contributed by atoms with Gasteiger partial charge in [0.1, 0.15) is 18.7 Å². The number of benzene rings is 4. The number of nitrogens with two attached hydrogens (primary N) is 1. The van der Waals surface area contributed by atoms with Crippen molar-refractivity contribution in [3.63, 3.8) is 0 Å². The number of likely N-dealkylation sites (N-methyl/N-ethyl adjacent to an activating group) is 1. The van der Waals surface area contributed by atoms with Crippen LogP contribution in [0.15, 0.2) is 102 Å². The molecule has 1 unspecified atom stereocenters. The molecule has 2 aromatic heterocycles. The van der Waals surface area contributed by atoms with Crippen LogP contribution in [-0.4, -0.2) is 115 Å². The van der Waals surface area contributed by atoms with Crippen molar-refractivity contribution in [2.75, 3.05) is 53.0 Å². The van der Waals surface area contributed by atoms with Crippen molar-refractivity contribution in [2.24, 2.45) is 5.73 Å². The molecule has 6 amide bonds. The standard InChI is InChI=1S/C54H58N8O12/c1-60(23-24-62-50-38-28-45-46(74-32-73-45)29-41(38)56-30-39(50)36-26-43(70-2)44(71-3)27-37(36)53(62)68)54(69)72-31-34-15-17-35(18-16-34)57-51(66)40(13-10-21-55)59-52(67)42(25-33-11-6-4-7-12-33)58-47(63)14-8-5-9-22-61-48(64)19-20-49(61)65/h4,6-7,11-12,15-20,26-30,40,42H,5,8-10,13-14,21-25,31-32,55H2,1-3H3,(H,57,66)(H,58,63)(H,59,67)/t40-,42?/m0/s1. The van der Waals surface area contributed by atoms with Crippen molar-refractivity contribution in [1.29, 1.82) is 0 Å². The van der Waals surface area contributed by atoms with Crippen LogP contribution in [0.1, 0.15) is 49.7 Å². The molecule has 0 fully saturated rings. The van der Waals surface area contributed by atoms with Gasteiger partial charge in [-0.3, -0.25) is 38.7 Å². The van der Waals surface area contributed by atoms with E-state index in [4.69, 9.17) is 34.4 Å². The van der Waals surface area contributed by atoms with Crippen LogP contribution in [0.3, 0.4) is 0 Å². The molecule has 0 radical (unpaired) electrons. The number of nitrogens with one attached hydrogen (secondary N) is 3. The Labute approximate surface area is 425 Å². The highest BCUT2D eigenvalue weighted by Gasteiger charge is 2.28. The first-order chi connectivity index (χ1) is 35.8. The first-order valence-corrected chi connectivity index (χ1v) is 24.3. The second kappa shape index (κ2) is 23.8. The summed E-state index contributed by atoms with van der Waals surface area (Å²) in [7, 11) is 4.59. The van der Waals surface area contributed by atoms with Gasteiger partial charge in [0.05, 0.1) is 30.6 Å². The number of imide groups is 1. The maximum Gasteiger partial charge on any atom is 0.409 e. The maximum absolute atomic E-state index is 14.4. The highest BCUT2D eigenvalue weighted by atomic mass is 16.7. The third kappa shape index (κ3) is 12.0. The minimum Gasteiger partial charge on any atom is -0.493 e. The van der Waals surface area contributed by atoms with Gasteiger partial charge in [0, 0.05) is 85.8 Å². The number of fused-ring (bicyclic) bond motifs is 6. The molecule has 20 nitrogen and oxygen atoms in total. The Balaban J connectivity index is 0.877. The molecule has 2 aliphatic heterocycles. The van der Waals surface area contributed by atoms with E-state index in [1.54, 1.807) is 66.3 Å². The Kier molecular flexibility index (Phi) is 16.7. The first kappa shape index (κ1) is 51.8. The largest absolute Gasteiger partial charge is 0.493 e. The van der Waals surface area contributed by atoms with E-state index in [0.717, 1.165) is 10.5 Å². The van der Waals surface area contributed by atoms with Gasteiger partial charge in [-0.1, -0.05) is 48.9 Å². The number of anilines is 1. The number of hydrogen-bond acceptors (Lipinski definition) is 14. The molecule has 386 valence electrons.